The first kappa shape index (κ1) is 16.4. The van der Waals surface area contributed by atoms with Crippen LogP contribution < -0.4 is 0 Å². The second-order valence-corrected chi connectivity index (χ2v) is 8.10. The number of unbranched alkanes of at least 4 members (excludes halogenated alkanes) is 2. The van der Waals surface area contributed by atoms with Gasteiger partial charge in [-0.05, 0) is 74.4 Å². The summed E-state index contributed by atoms with van der Waals surface area (Å²) in [5, 5.41) is 0. The summed E-state index contributed by atoms with van der Waals surface area (Å²) in [7, 11) is 0. The van der Waals surface area contributed by atoms with Gasteiger partial charge >= 0.3 is 0 Å². The van der Waals surface area contributed by atoms with Gasteiger partial charge in [0.25, 0.3) is 0 Å². The fraction of sp³-hybridized carbons (Fsp3) is 0.700. The molecule has 0 aromatic heterocycles. The molecule has 1 nitrogen and oxygen atoms in total. The average molecular weight is 318 g/mol. The topological polar surface area (TPSA) is 3.24 Å². The highest BCUT2D eigenvalue weighted by Gasteiger charge is 2.25. The number of nitrogens with zero attached hydrogens (tertiary/aromatic N) is 1. The van der Waals surface area contributed by atoms with E-state index in [9.17, 15) is 0 Å². The van der Waals surface area contributed by atoms with Crippen LogP contribution in [-0.4, -0.2) is 29.8 Å². The molecular formula is C20H31NS. The molecule has 122 valence electrons. The zero-order chi connectivity index (χ0) is 15.4. The van der Waals surface area contributed by atoms with Gasteiger partial charge in [0.05, 0.1) is 0 Å². The average Bonchev–Trinajstić information content (AvgIpc) is 2.98. The van der Waals surface area contributed by atoms with E-state index >= 15 is 0 Å². The predicted octanol–water partition coefficient (Wildman–Crippen LogP) is 5.09. The fourth-order valence-corrected chi connectivity index (χ4v) is 5.17. The standard InChI is InChI=1S/C20H31NS/c1-3-5-6-11-21(10-4-2)19-8-7-16-13-17-9-12-22-20(17)15-18(16)14-19/h13,15,19H,3-12,14H2,1-2H3/t19-/m0/s1. The van der Waals surface area contributed by atoms with Gasteiger partial charge in [0, 0.05) is 16.7 Å². The Morgan fingerprint density at radius 2 is 1.91 bits per heavy atom. The molecule has 3 rings (SSSR count). The van der Waals surface area contributed by atoms with Crippen LogP contribution in [0.5, 0.6) is 0 Å². The summed E-state index contributed by atoms with van der Waals surface area (Å²) in [6.45, 7) is 7.22. The van der Waals surface area contributed by atoms with Gasteiger partial charge < -0.3 is 4.90 Å². The van der Waals surface area contributed by atoms with Crippen LogP contribution in [0.1, 0.15) is 62.6 Å². The number of thioether (sulfide) groups is 1. The van der Waals surface area contributed by atoms with Crippen molar-refractivity contribution in [3.05, 3.63) is 28.8 Å². The van der Waals surface area contributed by atoms with Crippen LogP contribution in [0.3, 0.4) is 0 Å². The lowest BCUT2D eigenvalue weighted by Crippen LogP contribution is -2.40. The van der Waals surface area contributed by atoms with E-state index in [0.717, 1.165) is 6.04 Å². The molecule has 0 radical (unpaired) electrons. The predicted molar refractivity (Wildman–Crippen MR) is 98.1 cm³/mol. The molecule has 0 spiro atoms. The molecule has 22 heavy (non-hydrogen) atoms. The van der Waals surface area contributed by atoms with Crippen LogP contribution in [0.25, 0.3) is 0 Å². The Labute approximate surface area is 140 Å². The molecule has 1 aliphatic heterocycles. The highest BCUT2D eigenvalue weighted by Crippen LogP contribution is 2.36. The molecule has 1 atom stereocenters. The lowest BCUT2D eigenvalue weighted by atomic mass is 9.86. The zero-order valence-corrected chi connectivity index (χ0v) is 15.2. The van der Waals surface area contributed by atoms with Crippen LogP contribution >= 0.6 is 11.8 Å². The Morgan fingerprint density at radius 1 is 1.00 bits per heavy atom. The highest BCUT2D eigenvalue weighted by atomic mass is 32.2. The van der Waals surface area contributed by atoms with Gasteiger partial charge in [-0.3, -0.25) is 0 Å². The Kier molecular flexibility index (Phi) is 5.87. The summed E-state index contributed by atoms with van der Waals surface area (Å²) >= 11 is 2.06. The SMILES string of the molecule is CCCCCN(CCC)[C@H]1CCc2cc3c(cc2C1)SCC3. The lowest BCUT2D eigenvalue weighted by Gasteiger charge is -2.35. The highest BCUT2D eigenvalue weighted by molar-refractivity contribution is 7.99. The molecule has 0 saturated carbocycles. The number of fused-ring (bicyclic) bond motifs is 2. The van der Waals surface area contributed by atoms with E-state index in [0.29, 0.717) is 0 Å². The first-order valence-electron chi connectivity index (χ1n) is 9.33. The molecule has 0 fully saturated rings. The Hall–Kier alpha value is -0.470. The molecule has 2 aliphatic rings. The summed E-state index contributed by atoms with van der Waals surface area (Å²) in [6.07, 6.45) is 10.6. The van der Waals surface area contributed by atoms with Crippen molar-refractivity contribution in [2.45, 2.75) is 76.2 Å². The Balaban J connectivity index is 1.68. The molecule has 1 aromatic rings. The van der Waals surface area contributed by atoms with Crippen molar-refractivity contribution in [3.63, 3.8) is 0 Å². The van der Waals surface area contributed by atoms with Gasteiger partial charge in [-0.25, -0.2) is 0 Å². The van der Waals surface area contributed by atoms with Crippen LogP contribution in [0.15, 0.2) is 17.0 Å². The van der Waals surface area contributed by atoms with Crippen molar-refractivity contribution in [3.8, 4) is 0 Å². The third-order valence-electron chi connectivity index (χ3n) is 5.29. The molecule has 0 N–H and O–H groups in total. The summed E-state index contributed by atoms with van der Waals surface area (Å²) in [4.78, 5) is 4.37. The zero-order valence-electron chi connectivity index (χ0n) is 14.4. The van der Waals surface area contributed by atoms with Crippen molar-refractivity contribution in [1.29, 1.82) is 0 Å². The minimum Gasteiger partial charge on any atom is -0.300 e. The van der Waals surface area contributed by atoms with E-state index in [2.05, 4.69) is 42.6 Å². The van der Waals surface area contributed by atoms with Crippen molar-refractivity contribution in [1.82, 2.24) is 4.90 Å². The number of aryl methyl sites for hydroxylation is 2. The minimum atomic E-state index is 0.786. The first-order chi connectivity index (χ1) is 10.8. The normalized spacial score (nSPS) is 20.2. The monoisotopic (exact) mass is 317 g/mol. The van der Waals surface area contributed by atoms with E-state index in [4.69, 9.17) is 0 Å². The van der Waals surface area contributed by atoms with Crippen LogP contribution in [0, 0.1) is 0 Å². The molecule has 2 heteroatoms. The van der Waals surface area contributed by atoms with Crippen molar-refractivity contribution in [2.75, 3.05) is 18.8 Å². The first-order valence-corrected chi connectivity index (χ1v) is 10.3. The molecule has 0 amide bonds. The van der Waals surface area contributed by atoms with Gasteiger partial charge in [-0.15, -0.1) is 11.8 Å². The van der Waals surface area contributed by atoms with E-state index in [-0.39, 0.29) is 0 Å². The Bertz CT molecular complexity index is 497. The van der Waals surface area contributed by atoms with Gasteiger partial charge in [0.1, 0.15) is 0 Å². The Morgan fingerprint density at radius 3 is 2.73 bits per heavy atom. The molecule has 1 heterocycles. The van der Waals surface area contributed by atoms with E-state index in [1.54, 1.807) is 21.6 Å². The third-order valence-corrected chi connectivity index (χ3v) is 6.39. The van der Waals surface area contributed by atoms with Crippen molar-refractivity contribution < 1.29 is 0 Å². The maximum absolute atomic E-state index is 2.79. The van der Waals surface area contributed by atoms with Gasteiger partial charge in [-0.1, -0.05) is 32.8 Å². The molecule has 0 bridgehead atoms. The fourth-order valence-electron chi connectivity index (χ4n) is 4.06. The van der Waals surface area contributed by atoms with E-state index in [1.807, 2.05) is 0 Å². The third kappa shape index (κ3) is 3.71. The van der Waals surface area contributed by atoms with E-state index in [1.165, 1.54) is 70.2 Å². The molecule has 0 unspecified atom stereocenters. The number of benzene rings is 1. The smallest absolute Gasteiger partial charge is 0.0139 e. The maximum atomic E-state index is 2.79. The van der Waals surface area contributed by atoms with Gasteiger partial charge in [0.2, 0.25) is 0 Å². The molecule has 1 aliphatic carbocycles. The van der Waals surface area contributed by atoms with Crippen LogP contribution in [-0.2, 0) is 19.3 Å². The second kappa shape index (κ2) is 7.88. The van der Waals surface area contributed by atoms with Crippen molar-refractivity contribution >= 4 is 11.8 Å². The summed E-state index contributed by atoms with van der Waals surface area (Å²) in [5.41, 5.74) is 4.93. The molecule has 1 aromatic carbocycles. The number of hydrogen-bond donors (Lipinski definition) is 0. The summed E-state index contributed by atoms with van der Waals surface area (Å²) in [6, 6.07) is 5.85. The summed E-state index contributed by atoms with van der Waals surface area (Å²) in [5.74, 6) is 1.29. The van der Waals surface area contributed by atoms with Gasteiger partial charge in [-0.2, -0.15) is 0 Å². The second-order valence-electron chi connectivity index (χ2n) is 6.97. The maximum Gasteiger partial charge on any atom is 0.0139 e. The number of hydrogen-bond acceptors (Lipinski definition) is 2. The number of rotatable bonds is 7. The van der Waals surface area contributed by atoms with E-state index < -0.39 is 0 Å². The van der Waals surface area contributed by atoms with Crippen LogP contribution in [0.2, 0.25) is 0 Å². The van der Waals surface area contributed by atoms with Crippen LogP contribution in [0.4, 0.5) is 0 Å². The van der Waals surface area contributed by atoms with Crippen molar-refractivity contribution in [2.24, 2.45) is 0 Å². The van der Waals surface area contributed by atoms with Gasteiger partial charge in [0.15, 0.2) is 0 Å². The molecular weight excluding hydrogens is 286 g/mol. The molecule has 0 saturated heterocycles. The minimum absolute atomic E-state index is 0.786. The lowest BCUT2D eigenvalue weighted by molar-refractivity contribution is 0.176. The quantitative estimate of drug-likeness (QED) is 0.644. The summed E-state index contributed by atoms with van der Waals surface area (Å²) < 4.78 is 0. The largest absolute Gasteiger partial charge is 0.300 e.